The van der Waals surface area contributed by atoms with Crippen LogP contribution in [0.1, 0.15) is 58.8 Å². The molecule has 2 heteroatoms. The zero-order valence-corrected chi connectivity index (χ0v) is 19.9. The molecule has 2 atom stereocenters. The van der Waals surface area contributed by atoms with Crippen molar-refractivity contribution >= 4 is 18.5 Å². The highest BCUT2D eigenvalue weighted by Crippen LogP contribution is 2.51. The lowest BCUT2D eigenvalue weighted by Gasteiger charge is -2.32. The standard InChI is InChI=1S/C20H25P.C8H14O/c1-16(2)19-14-9-15-20(19)21(17-10-5-3-6-11-17)18-12-7-4-8-13-18;1-9-7-6-8-4-2-3-5-8/h3-8,10-13,16,19-20H,9,14-15H2,1-2H3;6-8H,2-5H2,1H3. The molecule has 4 rings (SSSR count). The van der Waals surface area contributed by atoms with Gasteiger partial charge in [0.2, 0.25) is 0 Å². The number of rotatable bonds is 6. The van der Waals surface area contributed by atoms with Crippen molar-refractivity contribution in [2.45, 2.75) is 64.5 Å². The third-order valence-electron chi connectivity index (χ3n) is 6.67. The van der Waals surface area contributed by atoms with Gasteiger partial charge in [-0.25, -0.2) is 0 Å². The van der Waals surface area contributed by atoms with Gasteiger partial charge in [0.05, 0.1) is 13.4 Å². The van der Waals surface area contributed by atoms with E-state index >= 15 is 0 Å². The highest BCUT2D eigenvalue weighted by Gasteiger charge is 2.36. The van der Waals surface area contributed by atoms with Gasteiger partial charge in [0.15, 0.2) is 0 Å². The second-order valence-electron chi connectivity index (χ2n) is 9.06. The number of hydrogen-bond donors (Lipinski definition) is 0. The Morgan fingerprint density at radius 1 is 0.800 bits per heavy atom. The van der Waals surface area contributed by atoms with Crippen LogP contribution in [0.3, 0.4) is 0 Å². The topological polar surface area (TPSA) is 9.23 Å². The lowest BCUT2D eigenvalue weighted by Crippen LogP contribution is -2.27. The molecule has 2 saturated carbocycles. The maximum Gasteiger partial charge on any atom is 0.0787 e. The average molecular weight is 423 g/mol. The summed E-state index contributed by atoms with van der Waals surface area (Å²) in [5.41, 5.74) is 0.852. The van der Waals surface area contributed by atoms with E-state index < -0.39 is 0 Å². The first-order chi connectivity index (χ1) is 14.7. The maximum absolute atomic E-state index is 4.82. The fourth-order valence-electron chi connectivity index (χ4n) is 5.12. The second kappa shape index (κ2) is 12.3. The van der Waals surface area contributed by atoms with E-state index in [1.807, 2.05) is 0 Å². The van der Waals surface area contributed by atoms with E-state index in [2.05, 4.69) is 80.6 Å². The molecule has 2 aliphatic rings. The predicted octanol–water partition coefficient (Wildman–Crippen LogP) is 7.28. The van der Waals surface area contributed by atoms with E-state index in [9.17, 15) is 0 Å². The molecule has 2 fully saturated rings. The van der Waals surface area contributed by atoms with Gasteiger partial charge < -0.3 is 4.74 Å². The molecule has 2 unspecified atom stereocenters. The molecule has 2 aromatic rings. The van der Waals surface area contributed by atoms with Gasteiger partial charge in [0.25, 0.3) is 0 Å². The lowest BCUT2D eigenvalue weighted by molar-refractivity contribution is 0.333. The smallest absolute Gasteiger partial charge is 0.0787 e. The van der Waals surface area contributed by atoms with Crippen molar-refractivity contribution in [2.75, 3.05) is 7.11 Å². The summed E-state index contributed by atoms with van der Waals surface area (Å²) < 4.78 is 4.82. The summed E-state index contributed by atoms with van der Waals surface area (Å²) in [6, 6.07) is 22.4. The van der Waals surface area contributed by atoms with Crippen molar-refractivity contribution in [3.05, 3.63) is 73.0 Å². The molecule has 0 aromatic heterocycles. The van der Waals surface area contributed by atoms with Gasteiger partial charge in [-0.2, -0.15) is 0 Å². The van der Waals surface area contributed by atoms with Crippen LogP contribution in [0.4, 0.5) is 0 Å². The van der Waals surface area contributed by atoms with Crippen molar-refractivity contribution in [1.82, 2.24) is 0 Å². The van der Waals surface area contributed by atoms with Gasteiger partial charge in [-0.1, -0.05) is 93.8 Å². The second-order valence-corrected chi connectivity index (χ2v) is 11.5. The maximum atomic E-state index is 4.82. The molecular formula is C28H39OP. The van der Waals surface area contributed by atoms with Crippen molar-refractivity contribution in [3.8, 4) is 0 Å². The molecule has 0 radical (unpaired) electrons. The molecule has 0 N–H and O–H groups in total. The lowest BCUT2D eigenvalue weighted by atomic mass is 9.94. The minimum Gasteiger partial charge on any atom is -0.505 e. The van der Waals surface area contributed by atoms with Crippen LogP contribution < -0.4 is 10.6 Å². The average Bonchev–Trinajstić information content (AvgIpc) is 3.47. The van der Waals surface area contributed by atoms with Gasteiger partial charge in [-0.05, 0) is 73.7 Å². The monoisotopic (exact) mass is 422 g/mol. The van der Waals surface area contributed by atoms with Gasteiger partial charge in [-0.3, -0.25) is 0 Å². The minimum absolute atomic E-state index is 0.224. The normalized spacial score (nSPS) is 21.9. The quantitative estimate of drug-likeness (QED) is 0.351. The van der Waals surface area contributed by atoms with Crippen molar-refractivity contribution in [1.29, 1.82) is 0 Å². The summed E-state index contributed by atoms with van der Waals surface area (Å²) in [6.07, 6.45) is 13.7. The summed E-state index contributed by atoms with van der Waals surface area (Å²) >= 11 is 0. The molecule has 162 valence electrons. The molecule has 1 nitrogen and oxygen atoms in total. The summed E-state index contributed by atoms with van der Waals surface area (Å²) in [4.78, 5) is 0. The Kier molecular flexibility index (Phi) is 9.47. The van der Waals surface area contributed by atoms with Crippen LogP contribution in [-0.2, 0) is 4.74 Å². The summed E-state index contributed by atoms with van der Waals surface area (Å²) in [7, 11) is 1.48. The van der Waals surface area contributed by atoms with Gasteiger partial charge >= 0.3 is 0 Å². The zero-order valence-electron chi connectivity index (χ0n) is 19.0. The van der Waals surface area contributed by atoms with Crippen molar-refractivity contribution in [2.24, 2.45) is 17.8 Å². The largest absolute Gasteiger partial charge is 0.505 e. The number of benzene rings is 2. The van der Waals surface area contributed by atoms with E-state index in [0.717, 1.165) is 23.4 Å². The Hall–Kier alpha value is -1.59. The SMILES string of the molecule is CC(C)C1CCCC1P(c1ccccc1)c1ccccc1.COC=CC1CCCC1. The van der Waals surface area contributed by atoms with Gasteiger partial charge in [-0.15, -0.1) is 0 Å². The highest BCUT2D eigenvalue weighted by atomic mass is 31.1. The fraction of sp³-hybridized carbons (Fsp3) is 0.500. The molecule has 0 spiro atoms. The third kappa shape index (κ3) is 6.45. The Morgan fingerprint density at radius 3 is 1.87 bits per heavy atom. The molecule has 0 bridgehead atoms. The summed E-state index contributed by atoms with van der Waals surface area (Å²) in [6.45, 7) is 4.82. The zero-order chi connectivity index (χ0) is 21.2. The third-order valence-corrected chi connectivity index (χ3v) is 9.69. The molecule has 30 heavy (non-hydrogen) atoms. The Bertz CT molecular complexity index is 694. The number of methoxy groups -OCH3 is 1. The molecule has 0 saturated heterocycles. The number of ether oxygens (including phenoxy) is 1. The van der Waals surface area contributed by atoms with Crippen LogP contribution in [0, 0.1) is 17.8 Å². The Labute approximate surface area is 185 Å². The Morgan fingerprint density at radius 2 is 1.37 bits per heavy atom. The van der Waals surface area contributed by atoms with Gasteiger partial charge in [0, 0.05) is 0 Å². The fourth-order valence-corrected chi connectivity index (χ4v) is 8.48. The molecule has 2 aromatic carbocycles. The van der Waals surface area contributed by atoms with Gasteiger partial charge in [0.1, 0.15) is 0 Å². The van der Waals surface area contributed by atoms with Crippen LogP contribution in [0.15, 0.2) is 73.0 Å². The molecule has 2 aliphatic carbocycles. The van der Waals surface area contributed by atoms with Crippen molar-refractivity contribution in [3.63, 3.8) is 0 Å². The first-order valence-corrected chi connectivity index (χ1v) is 13.2. The molecule has 0 amide bonds. The van der Waals surface area contributed by atoms with E-state index in [1.165, 1.54) is 44.9 Å². The molecule has 0 heterocycles. The Balaban J connectivity index is 0.000000239. The summed E-state index contributed by atoms with van der Waals surface area (Å²) in [5, 5.41) is 3.10. The van der Waals surface area contributed by atoms with E-state index in [1.54, 1.807) is 24.0 Å². The molecular weight excluding hydrogens is 383 g/mol. The number of hydrogen-bond acceptors (Lipinski definition) is 1. The van der Waals surface area contributed by atoms with Crippen molar-refractivity contribution < 1.29 is 4.74 Å². The predicted molar refractivity (Wildman–Crippen MR) is 133 cm³/mol. The van der Waals surface area contributed by atoms with Crippen LogP contribution in [0.5, 0.6) is 0 Å². The van der Waals surface area contributed by atoms with Crippen LogP contribution in [0.25, 0.3) is 0 Å². The first-order valence-electron chi connectivity index (χ1n) is 11.8. The van der Waals surface area contributed by atoms with Crippen LogP contribution in [0.2, 0.25) is 0 Å². The number of allylic oxidation sites excluding steroid dienone is 1. The summed E-state index contributed by atoms with van der Waals surface area (Å²) in [5.74, 6) is 2.50. The minimum atomic E-state index is -0.224. The van der Waals surface area contributed by atoms with E-state index in [-0.39, 0.29) is 7.92 Å². The van der Waals surface area contributed by atoms with E-state index in [4.69, 9.17) is 4.74 Å². The molecule has 0 aliphatic heterocycles. The van der Waals surface area contributed by atoms with E-state index in [0.29, 0.717) is 0 Å². The first kappa shape index (κ1) is 23.1. The highest BCUT2D eigenvalue weighted by molar-refractivity contribution is 7.73. The van der Waals surface area contributed by atoms with Crippen LogP contribution in [-0.4, -0.2) is 12.8 Å². The van der Waals surface area contributed by atoms with Crippen LogP contribution >= 0.6 is 7.92 Å².